The van der Waals surface area contributed by atoms with Crippen molar-refractivity contribution in [3.05, 3.63) is 71.9 Å². The maximum atomic E-state index is 12.1. The fourth-order valence-electron chi connectivity index (χ4n) is 2.72. The van der Waals surface area contributed by atoms with E-state index in [0.29, 0.717) is 11.2 Å². The van der Waals surface area contributed by atoms with Gasteiger partial charge in [-0.25, -0.2) is 9.78 Å². The molecule has 3 rings (SSSR count). The minimum Gasteiger partial charge on any atom is -0.451 e. The predicted octanol–water partition coefficient (Wildman–Crippen LogP) is 4.37. The number of nitrogens with zero attached hydrogens (tertiary/aromatic N) is 1. The van der Waals surface area contributed by atoms with Gasteiger partial charge in [-0.3, -0.25) is 4.79 Å². The van der Waals surface area contributed by atoms with Gasteiger partial charge < -0.3 is 10.1 Å². The molecule has 5 heteroatoms. The molecule has 0 fully saturated rings. The second kappa shape index (κ2) is 8.94. The van der Waals surface area contributed by atoms with E-state index in [1.54, 1.807) is 12.1 Å². The van der Waals surface area contributed by atoms with Gasteiger partial charge in [-0.2, -0.15) is 0 Å². The highest BCUT2D eigenvalue weighted by molar-refractivity contribution is 5.95. The zero-order valence-electron chi connectivity index (χ0n) is 15.3. The number of aryl methyl sites for hydroxylation is 1. The molecular formula is C22H22N2O3. The topological polar surface area (TPSA) is 68.3 Å². The summed E-state index contributed by atoms with van der Waals surface area (Å²) in [4.78, 5) is 28.4. The van der Waals surface area contributed by atoms with Crippen LogP contribution in [0.25, 0.3) is 10.9 Å². The SMILES string of the molecule is CCCCc1ccc(NC(=O)COC(=O)c2ccc3ccccc3n2)cc1. The van der Waals surface area contributed by atoms with Crippen molar-refractivity contribution in [1.82, 2.24) is 4.98 Å². The molecule has 0 aliphatic heterocycles. The molecule has 0 saturated carbocycles. The van der Waals surface area contributed by atoms with Crippen LogP contribution in [0.2, 0.25) is 0 Å². The summed E-state index contributed by atoms with van der Waals surface area (Å²) in [6, 6.07) is 18.6. The van der Waals surface area contributed by atoms with Crippen molar-refractivity contribution in [2.75, 3.05) is 11.9 Å². The monoisotopic (exact) mass is 362 g/mol. The maximum Gasteiger partial charge on any atom is 0.357 e. The van der Waals surface area contributed by atoms with Crippen LogP contribution in [0.5, 0.6) is 0 Å². The molecule has 0 aliphatic rings. The van der Waals surface area contributed by atoms with Crippen molar-refractivity contribution < 1.29 is 14.3 Å². The molecule has 0 radical (unpaired) electrons. The third-order valence-corrected chi connectivity index (χ3v) is 4.20. The van der Waals surface area contributed by atoms with E-state index in [9.17, 15) is 9.59 Å². The summed E-state index contributed by atoms with van der Waals surface area (Å²) in [5.41, 5.74) is 2.81. The third-order valence-electron chi connectivity index (χ3n) is 4.20. The van der Waals surface area contributed by atoms with Crippen molar-refractivity contribution in [3.8, 4) is 0 Å². The normalized spacial score (nSPS) is 10.6. The van der Waals surface area contributed by atoms with Gasteiger partial charge in [0, 0.05) is 11.1 Å². The summed E-state index contributed by atoms with van der Waals surface area (Å²) < 4.78 is 5.07. The standard InChI is InChI=1S/C22H22N2O3/c1-2-3-6-16-9-12-18(13-10-16)23-21(25)15-27-22(26)20-14-11-17-7-4-5-8-19(17)24-20/h4-5,7-14H,2-3,6,15H2,1H3,(H,23,25). The number of hydrogen-bond donors (Lipinski definition) is 1. The molecule has 138 valence electrons. The van der Waals surface area contributed by atoms with Gasteiger partial charge in [-0.1, -0.05) is 49.7 Å². The van der Waals surface area contributed by atoms with Gasteiger partial charge in [-0.05, 0) is 42.7 Å². The van der Waals surface area contributed by atoms with Gasteiger partial charge in [0.25, 0.3) is 5.91 Å². The van der Waals surface area contributed by atoms with Crippen molar-refractivity contribution >= 4 is 28.5 Å². The minimum atomic E-state index is -0.620. The first-order valence-electron chi connectivity index (χ1n) is 9.07. The van der Waals surface area contributed by atoms with E-state index < -0.39 is 5.97 Å². The smallest absolute Gasteiger partial charge is 0.357 e. The molecule has 0 atom stereocenters. The minimum absolute atomic E-state index is 0.182. The Balaban J connectivity index is 1.52. The average molecular weight is 362 g/mol. The number of benzene rings is 2. The van der Waals surface area contributed by atoms with E-state index in [0.717, 1.165) is 24.6 Å². The molecule has 0 bridgehead atoms. The Hall–Kier alpha value is -3.21. The van der Waals surface area contributed by atoms with Crippen LogP contribution in [0.3, 0.4) is 0 Å². The van der Waals surface area contributed by atoms with Gasteiger partial charge in [0.15, 0.2) is 6.61 Å². The Morgan fingerprint density at radius 3 is 2.56 bits per heavy atom. The van der Waals surface area contributed by atoms with Crippen LogP contribution in [0, 0.1) is 0 Å². The summed E-state index contributed by atoms with van der Waals surface area (Å²) >= 11 is 0. The summed E-state index contributed by atoms with van der Waals surface area (Å²) in [6.07, 6.45) is 3.32. The van der Waals surface area contributed by atoms with Crippen molar-refractivity contribution in [2.24, 2.45) is 0 Å². The van der Waals surface area contributed by atoms with E-state index in [1.165, 1.54) is 5.56 Å². The molecule has 2 aromatic carbocycles. The number of amides is 1. The number of unbranched alkanes of at least 4 members (excludes halogenated alkanes) is 1. The lowest BCUT2D eigenvalue weighted by molar-refractivity contribution is -0.119. The first-order valence-corrected chi connectivity index (χ1v) is 9.07. The molecule has 1 amide bonds. The van der Waals surface area contributed by atoms with Crippen LogP contribution in [-0.4, -0.2) is 23.5 Å². The molecule has 1 heterocycles. The number of pyridine rings is 1. The Kier molecular flexibility index (Phi) is 6.15. The van der Waals surface area contributed by atoms with Crippen LogP contribution in [0.4, 0.5) is 5.69 Å². The number of fused-ring (bicyclic) bond motifs is 1. The van der Waals surface area contributed by atoms with Crippen LogP contribution < -0.4 is 5.32 Å². The number of aromatic nitrogens is 1. The van der Waals surface area contributed by atoms with Crippen LogP contribution in [0.15, 0.2) is 60.7 Å². The lowest BCUT2D eigenvalue weighted by Gasteiger charge is -2.08. The molecular weight excluding hydrogens is 340 g/mol. The number of para-hydroxylation sites is 1. The lowest BCUT2D eigenvalue weighted by Crippen LogP contribution is -2.21. The molecule has 1 N–H and O–H groups in total. The Bertz CT molecular complexity index is 936. The summed E-state index contributed by atoms with van der Waals surface area (Å²) in [5.74, 6) is -1.00. The lowest BCUT2D eigenvalue weighted by atomic mass is 10.1. The fourth-order valence-corrected chi connectivity index (χ4v) is 2.72. The second-order valence-electron chi connectivity index (χ2n) is 6.31. The van der Waals surface area contributed by atoms with Gasteiger partial charge >= 0.3 is 5.97 Å². The first kappa shape index (κ1) is 18.6. The molecule has 0 saturated heterocycles. The highest BCUT2D eigenvalue weighted by Crippen LogP contribution is 2.13. The zero-order valence-corrected chi connectivity index (χ0v) is 15.3. The second-order valence-corrected chi connectivity index (χ2v) is 6.31. The highest BCUT2D eigenvalue weighted by atomic mass is 16.5. The number of carbonyl (C=O) groups excluding carboxylic acids is 2. The van der Waals surface area contributed by atoms with Crippen molar-refractivity contribution in [3.63, 3.8) is 0 Å². The van der Waals surface area contributed by atoms with E-state index in [1.807, 2.05) is 48.5 Å². The molecule has 3 aromatic rings. The van der Waals surface area contributed by atoms with Gasteiger partial charge in [0.2, 0.25) is 0 Å². The molecule has 5 nitrogen and oxygen atoms in total. The molecule has 0 aliphatic carbocycles. The van der Waals surface area contributed by atoms with Crippen LogP contribution in [-0.2, 0) is 16.0 Å². The Morgan fingerprint density at radius 1 is 1.00 bits per heavy atom. The Labute approximate surface area is 158 Å². The van der Waals surface area contributed by atoms with Gasteiger partial charge in [0.1, 0.15) is 5.69 Å². The summed E-state index contributed by atoms with van der Waals surface area (Å²) in [5, 5.41) is 3.66. The van der Waals surface area contributed by atoms with Crippen LogP contribution >= 0.6 is 0 Å². The zero-order chi connectivity index (χ0) is 19.1. The number of anilines is 1. The Morgan fingerprint density at radius 2 is 1.78 bits per heavy atom. The van der Waals surface area contributed by atoms with E-state index in [-0.39, 0.29) is 18.2 Å². The fraction of sp³-hybridized carbons (Fsp3) is 0.227. The average Bonchev–Trinajstić information content (AvgIpc) is 2.71. The quantitative estimate of drug-likeness (QED) is 0.634. The van der Waals surface area contributed by atoms with Crippen molar-refractivity contribution in [2.45, 2.75) is 26.2 Å². The first-order chi connectivity index (χ1) is 13.2. The number of rotatable bonds is 7. The van der Waals surface area contributed by atoms with E-state index >= 15 is 0 Å². The third kappa shape index (κ3) is 5.14. The number of carbonyl (C=O) groups is 2. The number of nitrogens with one attached hydrogen (secondary N) is 1. The molecule has 0 spiro atoms. The molecule has 0 unspecified atom stereocenters. The van der Waals surface area contributed by atoms with Gasteiger partial charge in [0.05, 0.1) is 5.52 Å². The number of esters is 1. The molecule has 27 heavy (non-hydrogen) atoms. The maximum absolute atomic E-state index is 12.1. The highest BCUT2D eigenvalue weighted by Gasteiger charge is 2.12. The largest absolute Gasteiger partial charge is 0.451 e. The number of hydrogen-bond acceptors (Lipinski definition) is 4. The van der Waals surface area contributed by atoms with Crippen molar-refractivity contribution in [1.29, 1.82) is 0 Å². The predicted molar refractivity (Wildman–Crippen MR) is 106 cm³/mol. The van der Waals surface area contributed by atoms with E-state index in [4.69, 9.17) is 4.74 Å². The number of ether oxygens (including phenoxy) is 1. The summed E-state index contributed by atoms with van der Waals surface area (Å²) in [6.45, 7) is 1.80. The van der Waals surface area contributed by atoms with Crippen LogP contribution in [0.1, 0.15) is 35.8 Å². The van der Waals surface area contributed by atoms with E-state index in [2.05, 4.69) is 17.2 Å². The molecule has 1 aromatic heterocycles. The van der Waals surface area contributed by atoms with Gasteiger partial charge in [-0.15, -0.1) is 0 Å². The summed E-state index contributed by atoms with van der Waals surface area (Å²) in [7, 11) is 0.